The minimum Gasteiger partial charge on any atom is -0.352 e. The van der Waals surface area contributed by atoms with Gasteiger partial charge in [-0.2, -0.15) is 0 Å². The first-order valence-electron chi connectivity index (χ1n) is 9.62. The molecule has 1 aliphatic rings. The van der Waals surface area contributed by atoms with Crippen LogP contribution in [0, 0.1) is 0 Å². The van der Waals surface area contributed by atoms with Crippen LogP contribution in [-0.2, 0) is 15.3 Å². The minimum absolute atomic E-state index is 0.0874. The third-order valence-electron chi connectivity index (χ3n) is 4.46. The standard InChI is InChI=1S/C20H26N4O2S3/c1-13(2)15-6-4-14(5-7-15)11-27-19-22-23-20(29-19)28-12-18(26)24(3)10-17(25)21-16-8-9-16/h4-7,13,16H,8-12H2,1-3H3,(H,21,25). The van der Waals surface area contributed by atoms with E-state index in [0.717, 1.165) is 27.3 Å². The maximum atomic E-state index is 12.2. The third kappa shape index (κ3) is 7.31. The van der Waals surface area contributed by atoms with E-state index in [-0.39, 0.29) is 24.1 Å². The van der Waals surface area contributed by atoms with Crippen molar-refractivity contribution in [1.29, 1.82) is 0 Å². The zero-order valence-corrected chi connectivity index (χ0v) is 19.3. The molecule has 1 aromatic heterocycles. The molecule has 2 aromatic rings. The van der Waals surface area contributed by atoms with Gasteiger partial charge >= 0.3 is 0 Å². The molecule has 1 fully saturated rings. The molecule has 29 heavy (non-hydrogen) atoms. The molecule has 6 nitrogen and oxygen atoms in total. The fourth-order valence-electron chi connectivity index (χ4n) is 2.50. The van der Waals surface area contributed by atoms with E-state index in [1.807, 2.05) is 0 Å². The van der Waals surface area contributed by atoms with Crippen LogP contribution < -0.4 is 5.32 Å². The molecule has 3 rings (SSSR count). The number of carbonyl (C=O) groups excluding carboxylic acids is 2. The van der Waals surface area contributed by atoms with Gasteiger partial charge in [-0.3, -0.25) is 9.59 Å². The third-order valence-corrected chi connectivity index (χ3v) is 7.71. The van der Waals surface area contributed by atoms with E-state index in [1.165, 1.54) is 39.1 Å². The lowest BCUT2D eigenvalue weighted by Crippen LogP contribution is -2.39. The van der Waals surface area contributed by atoms with Gasteiger partial charge in [0.15, 0.2) is 8.68 Å². The Kier molecular flexibility index (Phi) is 7.97. The van der Waals surface area contributed by atoms with Gasteiger partial charge in [0.25, 0.3) is 0 Å². The summed E-state index contributed by atoms with van der Waals surface area (Å²) in [5, 5.41) is 11.3. The number of carbonyl (C=O) groups is 2. The number of nitrogens with zero attached hydrogens (tertiary/aromatic N) is 3. The first kappa shape index (κ1) is 22.1. The number of amides is 2. The zero-order chi connectivity index (χ0) is 20.8. The smallest absolute Gasteiger partial charge is 0.239 e. The van der Waals surface area contributed by atoms with Crippen LogP contribution in [-0.4, -0.2) is 52.3 Å². The number of hydrogen-bond donors (Lipinski definition) is 1. The first-order valence-corrected chi connectivity index (χ1v) is 12.4. The number of hydrogen-bond acceptors (Lipinski definition) is 7. The minimum atomic E-state index is -0.0932. The van der Waals surface area contributed by atoms with Gasteiger partial charge in [0.2, 0.25) is 11.8 Å². The molecular weight excluding hydrogens is 424 g/mol. The van der Waals surface area contributed by atoms with Crippen molar-refractivity contribution in [3.8, 4) is 0 Å². The molecule has 9 heteroatoms. The molecule has 1 aromatic carbocycles. The summed E-state index contributed by atoms with van der Waals surface area (Å²) < 4.78 is 1.66. The number of aromatic nitrogens is 2. The van der Waals surface area contributed by atoms with Crippen LogP contribution in [0.15, 0.2) is 32.9 Å². The van der Waals surface area contributed by atoms with Crippen LogP contribution in [0.4, 0.5) is 0 Å². The molecule has 0 radical (unpaired) electrons. The average Bonchev–Trinajstić information content (AvgIpc) is 3.39. The topological polar surface area (TPSA) is 75.2 Å². The highest BCUT2D eigenvalue weighted by Gasteiger charge is 2.24. The van der Waals surface area contributed by atoms with Crippen LogP contribution in [0.1, 0.15) is 43.7 Å². The van der Waals surface area contributed by atoms with Crippen molar-refractivity contribution in [2.24, 2.45) is 0 Å². The maximum Gasteiger partial charge on any atom is 0.239 e. The summed E-state index contributed by atoms with van der Waals surface area (Å²) in [6.07, 6.45) is 2.08. The molecule has 1 saturated carbocycles. The second kappa shape index (κ2) is 10.4. The predicted molar refractivity (Wildman–Crippen MR) is 120 cm³/mol. The highest BCUT2D eigenvalue weighted by atomic mass is 32.2. The van der Waals surface area contributed by atoms with E-state index < -0.39 is 0 Å². The van der Waals surface area contributed by atoms with Gasteiger partial charge in [-0.05, 0) is 29.9 Å². The summed E-state index contributed by atoms with van der Waals surface area (Å²) in [5.74, 6) is 1.45. The summed E-state index contributed by atoms with van der Waals surface area (Å²) in [6.45, 7) is 4.48. The molecule has 0 saturated heterocycles. The fraction of sp³-hybridized carbons (Fsp3) is 0.500. The summed E-state index contributed by atoms with van der Waals surface area (Å²) in [7, 11) is 1.65. The Morgan fingerprint density at radius 2 is 1.83 bits per heavy atom. The summed E-state index contributed by atoms with van der Waals surface area (Å²) in [6, 6.07) is 8.98. The van der Waals surface area contributed by atoms with Gasteiger partial charge in [0.1, 0.15) is 0 Å². The van der Waals surface area contributed by atoms with Crippen molar-refractivity contribution in [3.05, 3.63) is 35.4 Å². The lowest BCUT2D eigenvalue weighted by molar-refractivity contribution is -0.132. The van der Waals surface area contributed by atoms with Gasteiger partial charge in [0.05, 0.1) is 12.3 Å². The molecule has 1 N–H and O–H groups in total. The number of likely N-dealkylation sites (N-methyl/N-ethyl adjacent to an activating group) is 1. The average molecular weight is 451 g/mol. The molecule has 1 aliphatic carbocycles. The second-order valence-corrected chi connectivity index (χ2v) is 10.8. The number of benzene rings is 1. The van der Waals surface area contributed by atoms with Gasteiger partial charge in [-0.25, -0.2) is 0 Å². The number of rotatable bonds is 10. The SMILES string of the molecule is CC(C)c1ccc(CSc2nnc(SCC(=O)N(C)CC(=O)NC3CC3)s2)cc1. The molecule has 2 amide bonds. The van der Waals surface area contributed by atoms with Crippen LogP contribution >= 0.6 is 34.9 Å². The van der Waals surface area contributed by atoms with E-state index in [1.54, 1.807) is 18.8 Å². The molecule has 0 unspecified atom stereocenters. The summed E-state index contributed by atoms with van der Waals surface area (Å²) in [4.78, 5) is 25.5. The quantitative estimate of drug-likeness (QED) is 0.555. The van der Waals surface area contributed by atoms with Crippen molar-refractivity contribution in [2.75, 3.05) is 19.3 Å². The highest BCUT2D eigenvalue weighted by Crippen LogP contribution is 2.31. The van der Waals surface area contributed by atoms with Crippen molar-refractivity contribution in [2.45, 2.75) is 53.1 Å². The molecular formula is C20H26N4O2S3. The van der Waals surface area contributed by atoms with Crippen LogP contribution in [0.2, 0.25) is 0 Å². The van der Waals surface area contributed by atoms with Crippen LogP contribution in [0.25, 0.3) is 0 Å². The van der Waals surface area contributed by atoms with Crippen LogP contribution in [0.5, 0.6) is 0 Å². The van der Waals surface area contributed by atoms with Crippen molar-refractivity contribution in [3.63, 3.8) is 0 Å². The van der Waals surface area contributed by atoms with Gasteiger partial charge in [-0.1, -0.05) is 73.0 Å². The second-order valence-electron chi connectivity index (χ2n) is 7.40. The monoisotopic (exact) mass is 450 g/mol. The van der Waals surface area contributed by atoms with Crippen LogP contribution in [0.3, 0.4) is 0 Å². The van der Waals surface area contributed by atoms with E-state index in [0.29, 0.717) is 12.0 Å². The van der Waals surface area contributed by atoms with E-state index in [9.17, 15) is 9.59 Å². The number of nitrogens with one attached hydrogen (secondary N) is 1. The lowest BCUT2D eigenvalue weighted by Gasteiger charge is -2.16. The highest BCUT2D eigenvalue weighted by molar-refractivity contribution is 8.03. The Morgan fingerprint density at radius 3 is 2.45 bits per heavy atom. The normalized spacial score (nSPS) is 13.5. The Balaban J connectivity index is 1.40. The Labute approximate surface area is 184 Å². The van der Waals surface area contributed by atoms with E-state index >= 15 is 0 Å². The van der Waals surface area contributed by atoms with Gasteiger partial charge in [-0.15, -0.1) is 10.2 Å². The van der Waals surface area contributed by atoms with Gasteiger partial charge in [0, 0.05) is 18.8 Å². The summed E-state index contributed by atoms with van der Waals surface area (Å²) in [5.41, 5.74) is 2.60. The van der Waals surface area contributed by atoms with E-state index in [4.69, 9.17) is 0 Å². The van der Waals surface area contributed by atoms with E-state index in [2.05, 4.69) is 53.6 Å². The first-order chi connectivity index (χ1) is 13.9. The molecule has 0 aliphatic heterocycles. The Morgan fingerprint density at radius 1 is 1.17 bits per heavy atom. The predicted octanol–water partition coefficient (Wildman–Crippen LogP) is 3.78. The lowest BCUT2D eigenvalue weighted by atomic mass is 10.0. The summed E-state index contributed by atoms with van der Waals surface area (Å²) >= 11 is 4.52. The molecule has 156 valence electrons. The largest absolute Gasteiger partial charge is 0.352 e. The van der Waals surface area contributed by atoms with Gasteiger partial charge < -0.3 is 10.2 Å². The molecule has 0 bridgehead atoms. The molecule has 0 spiro atoms. The molecule has 0 atom stereocenters. The van der Waals surface area contributed by atoms with Crippen molar-refractivity contribution in [1.82, 2.24) is 20.4 Å². The van der Waals surface area contributed by atoms with Crippen molar-refractivity contribution >= 4 is 46.7 Å². The maximum absolute atomic E-state index is 12.2. The van der Waals surface area contributed by atoms with Crippen molar-refractivity contribution < 1.29 is 9.59 Å². The number of thioether (sulfide) groups is 2. The molecule has 1 heterocycles. The zero-order valence-electron chi connectivity index (χ0n) is 16.9. The Bertz CT molecular complexity index is 835. The Hall–Kier alpha value is -1.58. The fourth-order valence-corrected chi connectivity index (χ4v) is 5.41.